The quantitative estimate of drug-likeness (QED) is 0.792. The molecule has 0 aliphatic carbocycles. The van der Waals surface area contributed by atoms with Gasteiger partial charge in [-0.05, 0) is 50.4 Å². The molecule has 0 saturated carbocycles. The molecular weight excluding hydrogens is 172 g/mol. The lowest BCUT2D eigenvalue weighted by Crippen LogP contribution is -1.98. The Kier molecular flexibility index (Phi) is 4.33. The van der Waals surface area contributed by atoms with Gasteiger partial charge in [-0.2, -0.15) is 0 Å². The predicted octanol–water partition coefficient (Wildman–Crippen LogP) is 2.61. The highest BCUT2D eigenvalue weighted by atomic mass is 14.6. The number of hydrogen-bond acceptors (Lipinski definition) is 2. The van der Waals surface area contributed by atoms with Crippen LogP contribution in [0, 0.1) is 0 Å². The Morgan fingerprint density at radius 1 is 1.43 bits per heavy atom. The number of allylic oxidation sites excluding steroid dienone is 2. The molecular formula is C12H18N2. The Balaban J connectivity index is 2.77. The van der Waals surface area contributed by atoms with Gasteiger partial charge < -0.3 is 5.73 Å². The summed E-state index contributed by atoms with van der Waals surface area (Å²) in [6.07, 6.45) is 5.84. The number of nitrogens with zero attached hydrogens (tertiary/aromatic N) is 1. The van der Waals surface area contributed by atoms with Crippen LogP contribution in [0.3, 0.4) is 0 Å². The van der Waals surface area contributed by atoms with Crippen LogP contribution in [0.2, 0.25) is 0 Å². The smallest absolute Gasteiger partial charge is 0.0342 e. The lowest BCUT2D eigenvalue weighted by Gasteiger charge is -2.06. The van der Waals surface area contributed by atoms with Crippen molar-refractivity contribution in [3.8, 4) is 0 Å². The maximum atomic E-state index is 5.48. The van der Waals surface area contributed by atoms with Crippen LogP contribution in [0.4, 0.5) is 0 Å². The van der Waals surface area contributed by atoms with Gasteiger partial charge in [0.2, 0.25) is 0 Å². The molecule has 2 heteroatoms. The van der Waals surface area contributed by atoms with Crippen molar-refractivity contribution in [3.63, 3.8) is 0 Å². The molecule has 0 spiro atoms. The van der Waals surface area contributed by atoms with Crippen molar-refractivity contribution >= 4 is 5.57 Å². The van der Waals surface area contributed by atoms with Gasteiger partial charge in [0.15, 0.2) is 0 Å². The number of rotatable bonds is 4. The monoisotopic (exact) mass is 190 g/mol. The van der Waals surface area contributed by atoms with E-state index in [2.05, 4.69) is 24.9 Å². The number of aromatic nitrogens is 1. The maximum absolute atomic E-state index is 5.48. The van der Waals surface area contributed by atoms with Gasteiger partial charge in [0, 0.05) is 12.4 Å². The zero-order chi connectivity index (χ0) is 10.4. The van der Waals surface area contributed by atoms with Crippen LogP contribution in [0.5, 0.6) is 0 Å². The largest absolute Gasteiger partial charge is 0.330 e. The van der Waals surface area contributed by atoms with E-state index in [0.29, 0.717) is 0 Å². The third-order valence-electron chi connectivity index (χ3n) is 2.49. The highest BCUT2D eigenvalue weighted by Gasteiger charge is 1.99. The molecule has 0 unspecified atom stereocenters. The van der Waals surface area contributed by atoms with Gasteiger partial charge in [-0.1, -0.05) is 11.6 Å². The number of pyridine rings is 1. The first kappa shape index (κ1) is 10.9. The van der Waals surface area contributed by atoms with Gasteiger partial charge in [0.25, 0.3) is 0 Å². The van der Waals surface area contributed by atoms with Crippen LogP contribution in [0.25, 0.3) is 5.57 Å². The maximum Gasteiger partial charge on any atom is 0.0342 e. The molecule has 0 radical (unpaired) electrons. The number of nitrogens with two attached hydrogens (primary N) is 1. The molecule has 1 rings (SSSR count). The van der Waals surface area contributed by atoms with Crippen molar-refractivity contribution in [2.24, 2.45) is 5.73 Å². The van der Waals surface area contributed by atoms with Crippen molar-refractivity contribution < 1.29 is 0 Å². The molecule has 0 fully saturated rings. The first-order valence-electron chi connectivity index (χ1n) is 5.02. The molecule has 76 valence electrons. The minimum absolute atomic E-state index is 0.762. The van der Waals surface area contributed by atoms with E-state index >= 15 is 0 Å². The molecule has 2 nitrogen and oxygen atoms in total. The zero-order valence-electron chi connectivity index (χ0n) is 8.96. The third-order valence-corrected chi connectivity index (χ3v) is 2.49. The van der Waals surface area contributed by atoms with Crippen LogP contribution in [-0.2, 0) is 0 Å². The molecule has 0 aliphatic rings. The normalized spacial score (nSPS) is 12.5. The summed E-state index contributed by atoms with van der Waals surface area (Å²) in [4.78, 5) is 4.11. The van der Waals surface area contributed by atoms with Crippen LogP contribution >= 0.6 is 0 Å². The Bertz CT molecular complexity index is 301. The Labute approximate surface area is 85.9 Å². The van der Waals surface area contributed by atoms with Crippen LogP contribution in [0.1, 0.15) is 32.3 Å². The van der Waals surface area contributed by atoms with Gasteiger partial charge in [0.1, 0.15) is 0 Å². The first-order chi connectivity index (χ1) is 6.75. The molecule has 0 amide bonds. The second-order valence-electron chi connectivity index (χ2n) is 3.54. The molecule has 0 aromatic carbocycles. The van der Waals surface area contributed by atoms with Crippen molar-refractivity contribution in [3.05, 3.63) is 35.7 Å². The average Bonchev–Trinajstić information content (AvgIpc) is 2.26. The van der Waals surface area contributed by atoms with Gasteiger partial charge >= 0.3 is 0 Å². The van der Waals surface area contributed by atoms with Gasteiger partial charge in [-0.25, -0.2) is 0 Å². The average molecular weight is 190 g/mol. The van der Waals surface area contributed by atoms with E-state index in [1.54, 1.807) is 6.20 Å². The van der Waals surface area contributed by atoms with E-state index in [1.807, 2.05) is 12.3 Å². The topological polar surface area (TPSA) is 38.9 Å². The lowest BCUT2D eigenvalue weighted by atomic mass is 10.0. The summed E-state index contributed by atoms with van der Waals surface area (Å²) in [5.41, 5.74) is 9.42. The van der Waals surface area contributed by atoms with Crippen molar-refractivity contribution in [1.82, 2.24) is 4.98 Å². The molecule has 0 aliphatic heterocycles. The van der Waals surface area contributed by atoms with Gasteiger partial charge in [-0.15, -0.1) is 0 Å². The first-order valence-corrected chi connectivity index (χ1v) is 5.02. The highest BCUT2D eigenvalue weighted by molar-refractivity contribution is 5.65. The third kappa shape index (κ3) is 2.96. The molecule has 0 bridgehead atoms. The minimum Gasteiger partial charge on any atom is -0.330 e. The minimum atomic E-state index is 0.762. The fraction of sp³-hybridized carbons (Fsp3) is 0.417. The van der Waals surface area contributed by atoms with E-state index < -0.39 is 0 Å². The lowest BCUT2D eigenvalue weighted by molar-refractivity contribution is 0.824. The van der Waals surface area contributed by atoms with E-state index in [9.17, 15) is 0 Å². The van der Waals surface area contributed by atoms with Crippen molar-refractivity contribution in [2.75, 3.05) is 6.54 Å². The Morgan fingerprint density at radius 2 is 2.21 bits per heavy atom. The van der Waals surface area contributed by atoms with Crippen LogP contribution in [-0.4, -0.2) is 11.5 Å². The van der Waals surface area contributed by atoms with E-state index in [0.717, 1.165) is 19.4 Å². The summed E-state index contributed by atoms with van der Waals surface area (Å²) in [6, 6.07) is 4.06. The molecule has 0 saturated heterocycles. The van der Waals surface area contributed by atoms with Crippen LogP contribution < -0.4 is 5.73 Å². The second kappa shape index (κ2) is 5.55. The zero-order valence-corrected chi connectivity index (χ0v) is 8.96. The van der Waals surface area contributed by atoms with Crippen molar-refractivity contribution in [1.29, 1.82) is 0 Å². The summed E-state index contributed by atoms with van der Waals surface area (Å²) in [5, 5.41) is 0. The molecule has 14 heavy (non-hydrogen) atoms. The second-order valence-corrected chi connectivity index (χ2v) is 3.54. The molecule has 0 atom stereocenters. The molecule has 1 heterocycles. The van der Waals surface area contributed by atoms with E-state index in [4.69, 9.17) is 5.73 Å². The molecule has 1 aromatic rings. The Morgan fingerprint density at radius 3 is 2.79 bits per heavy atom. The summed E-state index contributed by atoms with van der Waals surface area (Å²) in [6.45, 7) is 5.07. The van der Waals surface area contributed by atoms with Crippen LogP contribution in [0.15, 0.2) is 30.1 Å². The van der Waals surface area contributed by atoms with E-state index in [-0.39, 0.29) is 0 Å². The number of hydrogen-bond donors (Lipinski definition) is 1. The summed E-state index contributed by atoms with van der Waals surface area (Å²) in [5.74, 6) is 0. The Hall–Kier alpha value is -1.15. The molecule has 2 N–H and O–H groups in total. The summed E-state index contributed by atoms with van der Waals surface area (Å²) < 4.78 is 0. The van der Waals surface area contributed by atoms with Gasteiger partial charge in [-0.3, -0.25) is 4.98 Å². The predicted molar refractivity (Wildman–Crippen MR) is 60.8 cm³/mol. The van der Waals surface area contributed by atoms with E-state index in [1.165, 1.54) is 16.7 Å². The standard InChI is InChI=1S/C12H18N2/c1-10(5-3-7-13)11(2)12-6-4-8-14-9-12/h4,6,8-9H,3,5,7,13H2,1-2H3. The fourth-order valence-corrected chi connectivity index (χ4v) is 1.39. The summed E-state index contributed by atoms with van der Waals surface area (Å²) in [7, 11) is 0. The molecule has 1 aromatic heterocycles. The van der Waals surface area contributed by atoms with Gasteiger partial charge in [0.05, 0.1) is 0 Å². The van der Waals surface area contributed by atoms with Crippen molar-refractivity contribution in [2.45, 2.75) is 26.7 Å². The highest BCUT2D eigenvalue weighted by Crippen LogP contribution is 2.19. The summed E-state index contributed by atoms with van der Waals surface area (Å²) >= 11 is 0. The SMILES string of the molecule is CC(CCCN)=C(C)c1cccnc1. The fourth-order valence-electron chi connectivity index (χ4n) is 1.39.